The van der Waals surface area contributed by atoms with Crippen LogP contribution in [0.1, 0.15) is 87.0 Å². The molecule has 10 aliphatic rings. The van der Waals surface area contributed by atoms with E-state index in [2.05, 4.69) is 42.5 Å². The van der Waals surface area contributed by atoms with Crippen molar-refractivity contribution >= 4 is 29.5 Å². The minimum absolute atomic E-state index is 0.134. The summed E-state index contributed by atoms with van der Waals surface area (Å²) in [4.78, 5) is 58.8. The largest absolute Gasteiger partial charge is 0.394 e. The Morgan fingerprint density at radius 3 is 0.640 bits per heavy atom. The second kappa shape index (κ2) is 55.9. The third kappa shape index (κ3) is 31.2. The first-order chi connectivity index (χ1) is 63.9. The van der Waals surface area contributed by atoms with Gasteiger partial charge in [0.15, 0.2) is 62.9 Å². The number of hydrogen-bond acceptors (Lipinski definition) is 52. The molecule has 0 aliphatic carbocycles. The fourth-order valence-electron chi connectivity index (χ4n) is 14.9. The number of carbonyl (C=O) groups excluding carboxylic acids is 5. The number of hydrogen-bond donors (Lipinski definition) is 36. The molecule has 0 aromatic heterocycles. The van der Waals surface area contributed by atoms with Crippen LogP contribution < -0.4 is 26.6 Å². The Morgan fingerprint density at radius 2 is 0.456 bits per heavy atom. The van der Waals surface area contributed by atoms with E-state index in [4.69, 9.17) is 88.1 Å². The molecule has 0 aromatic carbocycles. The van der Waals surface area contributed by atoms with Gasteiger partial charge in [-0.25, -0.2) is 0 Å². The standard InChI is InChI=1S/C17H27NO10.C16H29NO10.C15H26N4O10.C15H27NO10.C14H25NO11/c1-3-5-9(19)18-6-8-11(21)13(23)15(25)17(27-8)28-16-14(24)12(22)10(20)7(4-2)26-16;1-3-6-9(19)11(21)13(23)15(25-6)27-16-14(24)12(22)10(20)7(26-16)5-17-8(18)4-2;1-2-5-8(21)10(23)12(25)14(27-5)29-15-13(26)11(24)9(22)6(28-15)3-17-7(20)4-18-19-16;1-3-6-8(18)10(20)12(22)14(24-6)26-15-13(23)11(21)9(19)7(25-15)4-16-5(2)17;1-4(17)15-2-5-7(18)9(20)11(22)13(24-5)26-14-12(23)10(21)8(19)6(3-16)25-14/h1,7-8,10-17,20-25H,4-6H2,2H3,(H,18,19);6-7,9-16,19-24H,3-5H2,1-2H3,(H,17,18);5-6,8-15,21-26H,2-4H2,1H3,(H,17,20);6-15,18-23H,3-4H2,1-2H3,(H,16,17);5-14,16,18-23H,2-3H2,1H3,(H,15,17)/t7?,8?,10-,11-,12?,13+,14-,15?,16-,17-;6?,7?,9-,10-,11?,12+,13-,14?,15-,16-;5?,6?,8-,9-,10?,11+,12-,13?,14-,15-;6?,7?,8-,9-,10?,11+,12-,13?,14-,15-;5?,6?,7-,8-,9+,10?,11?,12-,13-,14-/m11111/s1. The summed E-state index contributed by atoms with van der Waals surface area (Å²) in [6.07, 6.45) is -66.7. The summed E-state index contributed by atoms with van der Waals surface area (Å²) < 4.78 is 80.4. The maximum absolute atomic E-state index is 11.5. The second-order valence-corrected chi connectivity index (χ2v) is 33.1. The zero-order valence-electron chi connectivity index (χ0n) is 74.5. The molecule has 50 atom stereocenters. The van der Waals surface area contributed by atoms with Gasteiger partial charge in [0.05, 0.1) is 37.4 Å². The molecule has 10 saturated heterocycles. The Labute approximate surface area is 774 Å². The van der Waals surface area contributed by atoms with Gasteiger partial charge in [-0.1, -0.05) is 45.7 Å². The molecule has 10 aliphatic heterocycles. The van der Waals surface area contributed by atoms with E-state index in [1.54, 1.807) is 34.6 Å². The Hall–Kier alpha value is -5.62. The highest BCUT2D eigenvalue weighted by Crippen LogP contribution is 2.36. The highest BCUT2D eigenvalue weighted by Gasteiger charge is 2.57. The summed E-state index contributed by atoms with van der Waals surface area (Å²) in [5.41, 5.74) is 8.19. The second-order valence-electron chi connectivity index (χ2n) is 33.1. The van der Waals surface area contributed by atoms with Gasteiger partial charge in [0.25, 0.3) is 0 Å². The molecule has 59 heteroatoms. The van der Waals surface area contributed by atoms with Gasteiger partial charge < -0.3 is 256 Å². The van der Waals surface area contributed by atoms with Crippen molar-refractivity contribution in [2.45, 2.75) is 394 Å². The van der Waals surface area contributed by atoms with E-state index in [9.17, 15) is 177 Å². The third-order valence-corrected chi connectivity index (χ3v) is 23.3. The zero-order chi connectivity index (χ0) is 102. The average molecular weight is 1990 g/mol. The molecular formula is C77H134N8O51. The van der Waals surface area contributed by atoms with E-state index in [1.807, 2.05) is 0 Å². The Morgan fingerprint density at radius 1 is 0.279 bits per heavy atom. The first kappa shape index (κ1) is 119. The summed E-state index contributed by atoms with van der Waals surface area (Å²) in [6, 6.07) is 0. The van der Waals surface area contributed by atoms with Crippen LogP contribution in [0.2, 0.25) is 0 Å². The Kier molecular flexibility index (Phi) is 48.9. The summed E-state index contributed by atoms with van der Waals surface area (Å²) in [5, 5.41) is 324. The lowest BCUT2D eigenvalue weighted by Crippen LogP contribution is -2.64. The fraction of sp³-hybridized carbons (Fsp3) is 0.909. The molecule has 0 bridgehead atoms. The molecule has 0 radical (unpaired) electrons. The van der Waals surface area contributed by atoms with Crippen LogP contribution in [-0.2, 0) is 95.0 Å². The maximum atomic E-state index is 11.5. The number of nitrogens with one attached hydrogen (secondary N) is 5. The molecule has 59 nitrogen and oxygen atoms in total. The summed E-state index contributed by atoms with van der Waals surface area (Å²) in [6.45, 7) is 8.76. The van der Waals surface area contributed by atoms with Crippen LogP contribution >= 0.6 is 0 Å². The van der Waals surface area contributed by atoms with Crippen molar-refractivity contribution in [3.05, 3.63) is 10.4 Å². The van der Waals surface area contributed by atoms with Crippen LogP contribution in [0.5, 0.6) is 0 Å². The smallest absolute Gasteiger partial charge is 0.232 e. The van der Waals surface area contributed by atoms with Crippen molar-refractivity contribution in [2.24, 2.45) is 5.11 Å². The van der Waals surface area contributed by atoms with E-state index in [0.717, 1.165) is 0 Å². The fourth-order valence-corrected chi connectivity index (χ4v) is 14.9. The van der Waals surface area contributed by atoms with Crippen molar-refractivity contribution in [1.29, 1.82) is 0 Å². The van der Waals surface area contributed by atoms with E-state index >= 15 is 0 Å². The van der Waals surface area contributed by atoms with Crippen molar-refractivity contribution in [3.63, 3.8) is 0 Å². The monoisotopic (exact) mass is 1990 g/mol. The first-order valence-corrected chi connectivity index (χ1v) is 43.5. The molecule has 136 heavy (non-hydrogen) atoms. The Bertz CT molecular complexity index is 3590. The number of carbonyl (C=O) groups is 5. The summed E-state index contributed by atoms with van der Waals surface area (Å²) in [7, 11) is 0. The lowest BCUT2D eigenvalue weighted by Gasteiger charge is -2.45. The molecule has 10 rings (SSSR count). The predicted molar refractivity (Wildman–Crippen MR) is 435 cm³/mol. The molecular weight excluding hydrogens is 1850 g/mol. The first-order valence-electron chi connectivity index (χ1n) is 43.5. The van der Waals surface area contributed by atoms with Crippen molar-refractivity contribution in [2.75, 3.05) is 45.9 Å². The zero-order valence-corrected chi connectivity index (χ0v) is 74.5. The SMILES string of the molecule is C#CCC(=O)NCC1O[C@H](O[C@H]2OC(CC)[C@@H](O)C(O)[C@H]2O)C(O)[C@@H](O)[C@@H]1O.CC(=O)NCC1O[C@H](O[C@H]2OC(CO)[C@@H](O)C(O)[C@H]2O)C(O)[C@@H](O)[C@@H]1O.CCC(=O)NCC1O[C@H](O[C@H]2OC(CC)[C@@H](O)C(O)[C@H]2O)C(O)[C@@H](O)[C@@H]1O.CCC1O[C@H](O[C@H]2OC(CNC(=O)CN=[N+]=[N-])[C@@H](O)[C@H](O)C2O)[C@H](O)C(O)[C@@H]1O.CCC1O[C@H](O[C@H]2OC(CNC(C)=O)[C@@H](O)[C@H](O)C2O)[C@H](O)C(O)[C@@H]1O. The number of terminal acetylenes is 1. The van der Waals surface area contributed by atoms with Gasteiger partial charge in [0, 0.05) is 57.9 Å². The van der Waals surface area contributed by atoms with Gasteiger partial charge in [-0.05, 0) is 31.2 Å². The van der Waals surface area contributed by atoms with Gasteiger partial charge in [0.1, 0.15) is 226 Å². The quantitative estimate of drug-likeness (QED) is 0.0143. The van der Waals surface area contributed by atoms with E-state index < -0.39 is 338 Å². The van der Waals surface area contributed by atoms with Gasteiger partial charge in [0.2, 0.25) is 29.5 Å². The maximum Gasteiger partial charge on any atom is 0.232 e. The molecule has 5 amide bonds. The number of ether oxygens (including phenoxy) is 15. The van der Waals surface area contributed by atoms with Gasteiger partial charge >= 0.3 is 0 Å². The molecule has 10 heterocycles. The van der Waals surface area contributed by atoms with Crippen LogP contribution in [0, 0.1) is 12.3 Å². The van der Waals surface area contributed by atoms with E-state index in [-0.39, 0.29) is 57.4 Å². The lowest BCUT2D eigenvalue weighted by molar-refractivity contribution is -0.374. The van der Waals surface area contributed by atoms with Crippen LogP contribution in [0.3, 0.4) is 0 Å². The average Bonchev–Trinajstić information content (AvgIpc) is 0.802. The normalized spacial score (nSPS) is 45.1. The molecule has 10 fully saturated rings. The highest BCUT2D eigenvalue weighted by atomic mass is 16.8. The van der Waals surface area contributed by atoms with Crippen molar-refractivity contribution in [1.82, 2.24) is 26.6 Å². The minimum Gasteiger partial charge on any atom is -0.394 e. The number of rotatable bonds is 29. The highest BCUT2D eigenvalue weighted by molar-refractivity contribution is 5.78. The molecule has 788 valence electrons. The van der Waals surface area contributed by atoms with Gasteiger partial charge in [-0.15, -0.1) is 6.42 Å². The minimum atomic E-state index is -1.74. The lowest BCUT2D eigenvalue weighted by atomic mass is 9.97. The van der Waals surface area contributed by atoms with E-state index in [1.165, 1.54) is 13.8 Å². The number of azide groups is 1. The van der Waals surface area contributed by atoms with E-state index in [0.29, 0.717) is 25.7 Å². The van der Waals surface area contributed by atoms with Crippen LogP contribution in [0.25, 0.3) is 10.4 Å². The third-order valence-electron chi connectivity index (χ3n) is 23.3. The molecule has 20 unspecified atom stereocenters. The van der Waals surface area contributed by atoms with Crippen LogP contribution in [-0.4, -0.2) is 541 Å². The van der Waals surface area contributed by atoms with Gasteiger partial charge in [-0.2, -0.15) is 0 Å². The summed E-state index contributed by atoms with van der Waals surface area (Å²) in [5.74, 6) is -0.0918. The van der Waals surface area contributed by atoms with Crippen LogP contribution in [0.4, 0.5) is 0 Å². The van der Waals surface area contributed by atoms with Crippen molar-refractivity contribution < 1.29 is 253 Å². The molecule has 0 aromatic rings. The molecule has 36 N–H and O–H groups in total. The van der Waals surface area contributed by atoms with Crippen LogP contribution in [0.15, 0.2) is 5.11 Å². The molecule has 0 spiro atoms. The Balaban J connectivity index is 0.000000261. The topological polar surface area (TPSA) is 960 Å². The van der Waals surface area contributed by atoms with Gasteiger partial charge in [-0.3, -0.25) is 24.0 Å². The number of aliphatic hydroxyl groups is 31. The number of amides is 5. The summed E-state index contributed by atoms with van der Waals surface area (Å²) >= 11 is 0. The molecule has 0 saturated carbocycles. The van der Waals surface area contributed by atoms with Crippen molar-refractivity contribution in [3.8, 4) is 12.3 Å². The predicted octanol–water partition coefficient (Wildman–Crippen LogP) is -19.9. The number of aliphatic hydroxyl groups excluding tert-OH is 31. The number of nitrogens with zero attached hydrogens (tertiary/aromatic N) is 3.